The lowest BCUT2D eigenvalue weighted by atomic mass is 9.49. The zero-order chi connectivity index (χ0) is 23.2. The van der Waals surface area contributed by atoms with E-state index in [1.807, 2.05) is 49.1 Å². The van der Waals surface area contributed by atoms with E-state index < -0.39 is 5.41 Å². The van der Waals surface area contributed by atoms with E-state index in [9.17, 15) is 14.4 Å². The van der Waals surface area contributed by atoms with Crippen LogP contribution < -0.4 is 5.32 Å². The molecule has 0 atom stereocenters. The largest absolute Gasteiger partial charge is 0.347 e. The third-order valence-corrected chi connectivity index (χ3v) is 8.87. The van der Waals surface area contributed by atoms with Crippen LogP contribution in [-0.4, -0.2) is 60.2 Å². The lowest BCUT2D eigenvalue weighted by Crippen LogP contribution is -2.57. The predicted octanol–water partition coefficient (Wildman–Crippen LogP) is 2.97. The summed E-state index contributed by atoms with van der Waals surface area (Å²) in [5.41, 5.74) is 0.184. The van der Waals surface area contributed by atoms with Gasteiger partial charge in [-0.15, -0.1) is 0 Å². The minimum atomic E-state index is -0.598. The van der Waals surface area contributed by atoms with E-state index in [4.69, 9.17) is 0 Å². The Morgan fingerprint density at radius 3 is 1.94 bits per heavy atom. The van der Waals surface area contributed by atoms with Crippen molar-refractivity contribution in [3.8, 4) is 0 Å². The lowest BCUT2D eigenvalue weighted by Gasteiger charge is -2.55. The van der Waals surface area contributed by atoms with Crippen LogP contribution in [0, 0.1) is 23.2 Å². The molecule has 3 amide bonds. The summed E-state index contributed by atoms with van der Waals surface area (Å²) in [7, 11) is 0. The summed E-state index contributed by atoms with van der Waals surface area (Å²) in [5, 5.41) is 3.01. The fourth-order valence-electron chi connectivity index (χ4n) is 7.38. The maximum Gasteiger partial charge on any atom is 0.242 e. The molecule has 5 aliphatic rings. The molecule has 0 aromatic heterocycles. The van der Waals surface area contributed by atoms with Crippen molar-refractivity contribution in [2.45, 2.75) is 57.8 Å². The van der Waals surface area contributed by atoms with E-state index in [2.05, 4.69) is 5.32 Å². The van der Waals surface area contributed by atoms with E-state index in [0.717, 1.165) is 24.8 Å². The average molecular weight is 452 g/mol. The SMILES string of the molecule is CC(C)(C(=O)N1CCN(C(=O)CNC(=O)C23CC4CC(CC(C4)C2)C3)CC1)c1ccccc1. The van der Waals surface area contributed by atoms with Crippen LogP contribution in [0.1, 0.15) is 57.9 Å². The Morgan fingerprint density at radius 1 is 0.879 bits per heavy atom. The van der Waals surface area contributed by atoms with Crippen molar-refractivity contribution >= 4 is 17.7 Å². The van der Waals surface area contributed by atoms with Crippen molar-refractivity contribution in [1.82, 2.24) is 15.1 Å². The zero-order valence-corrected chi connectivity index (χ0v) is 20.0. The number of nitrogens with one attached hydrogen (secondary N) is 1. The number of hydrogen-bond donors (Lipinski definition) is 1. The third-order valence-electron chi connectivity index (χ3n) is 8.87. The van der Waals surface area contributed by atoms with Gasteiger partial charge in [-0.2, -0.15) is 0 Å². The number of rotatable bonds is 5. The minimum absolute atomic E-state index is 0.0394. The molecule has 1 heterocycles. The Labute approximate surface area is 197 Å². The van der Waals surface area contributed by atoms with Crippen LogP contribution in [0.4, 0.5) is 0 Å². The summed E-state index contributed by atoms with van der Waals surface area (Å²) in [5.74, 6) is 2.29. The molecule has 178 valence electrons. The van der Waals surface area contributed by atoms with Crippen molar-refractivity contribution in [2.75, 3.05) is 32.7 Å². The van der Waals surface area contributed by atoms with Crippen LogP contribution in [0.25, 0.3) is 0 Å². The van der Waals surface area contributed by atoms with Gasteiger partial charge in [0.05, 0.1) is 12.0 Å². The second kappa shape index (κ2) is 8.44. The van der Waals surface area contributed by atoms with Crippen molar-refractivity contribution < 1.29 is 14.4 Å². The first-order valence-electron chi connectivity index (χ1n) is 12.7. The first-order valence-corrected chi connectivity index (χ1v) is 12.7. The van der Waals surface area contributed by atoms with Crippen molar-refractivity contribution in [2.24, 2.45) is 23.2 Å². The molecule has 4 bridgehead atoms. The van der Waals surface area contributed by atoms with Crippen LogP contribution >= 0.6 is 0 Å². The Bertz CT molecular complexity index is 883. The third kappa shape index (κ3) is 4.17. The van der Waals surface area contributed by atoms with Gasteiger partial charge in [0.25, 0.3) is 0 Å². The lowest BCUT2D eigenvalue weighted by molar-refractivity contribution is -0.148. The Balaban J connectivity index is 1.12. The monoisotopic (exact) mass is 451 g/mol. The molecule has 4 saturated carbocycles. The highest BCUT2D eigenvalue weighted by atomic mass is 16.2. The van der Waals surface area contributed by atoms with Crippen molar-refractivity contribution in [3.05, 3.63) is 35.9 Å². The maximum absolute atomic E-state index is 13.2. The van der Waals surface area contributed by atoms with E-state index in [1.165, 1.54) is 19.3 Å². The molecule has 6 heteroatoms. The number of amides is 3. The first-order chi connectivity index (χ1) is 15.8. The highest BCUT2D eigenvalue weighted by molar-refractivity contribution is 5.89. The highest BCUT2D eigenvalue weighted by Gasteiger charge is 2.54. The van der Waals surface area contributed by atoms with Gasteiger partial charge in [-0.1, -0.05) is 30.3 Å². The molecule has 0 spiro atoms. The van der Waals surface area contributed by atoms with Gasteiger partial charge >= 0.3 is 0 Å². The molecular formula is C27H37N3O3. The molecule has 1 N–H and O–H groups in total. The number of piperazine rings is 1. The number of benzene rings is 1. The molecule has 5 fully saturated rings. The van der Waals surface area contributed by atoms with Gasteiger partial charge in [0.2, 0.25) is 17.7 Å². The molecule has 1 saturated heterocycles. The molecule has 1 aromatic carbocycles. The molecule has 33 heavy (non-hydrogen) atoms. The van der Waals surface area contributed by atoms with E-state index in [0.29, 0.717) is 43.9 Å². The molecule has 0 radical (unpaired) electrons. The number of carbonyl (C=O) groups is 3. The Morgan fingerprint density at radius 2 is 1.39 bits per heavy atom. The summed E-state index contributed by atoms with van der Waals surface area (Å²) in [4.78, 5) is 42.8. The van der Waals surface area contributed by atoms with Gasteiger partial charge in [-0.25, -0.2) is 0 Å². The van der Waals surface area contributed by atoms with Crippen molar-refractivity contribution in [1.29, 1.82) is 0 Å². The fourth-order valence-corrected chi connectivity index (χ4v) is 7.38. The second-order valence-corrected chi connectivity index (χ2v) is 11.5. The predicted molar refractivity (Wildman–Crippen MR) is 126 cm³/mol. The smallest absolute Gasteiger partial charge is 0.242 e. The van der Waals surface area contributed by atoms with Crippen LogP contribution in [0.3, 0.4) is 0 Å². The van der Waals surface area contributed by atoms with Crippen LogP contribution in [-0.2, 0) is 19.8 Å². The van der Waals surface area contributed by atoms with Gasteiger partial charge in [0.15, 0.2) is 0 Å². The summed E-state index contributed by atoms with van der Waals surface area (Å²) >= 11 is 0. The second-order valence-electron chi connectivity index (χ2n) is 11.5. The highest BCUT2D eigenvalue weighted by Crippen LogP contribution is 2.60. The van der Waals surface area contributed by atoms with Gasteiger partial charge < -0.3 is 15.1 Å². The van der Waals surface area contributed by atoms with Crippen LogP contribution in [0.2, 0.25) is 0 Å². The molecule has 6 nitrogen and oxygen atoms in total. The summed E-state index contributed by atoms with van der Waals surface area (Å²) in [6.07, 6.45) is 6.94. The zero-order valence-electron chi connectivity index (χ0n) is 20.0. The molecule has 1 aromatic rings. The first kappa shape index (κ1) is 22.4. The van der Waals surface area contributed by atoms with Gasteiger partial charge in [0, 0.05) is 31.6 Å². The molecule has 1 aliphatic heterocycles. The van der Waals surface area contributed by atoms with E-state index >= 15 is 0 Å². The van der Waals surface area contributed by atoms with Crippen LogP contribution in [0.5, 0.6) is 0 Å². The van der Waals surface area contributed by atoms with E-state index in [1.54, 1.807) is 4.90 Å². The number of hydrogen-bond acceptors (Lipinski definition) is 3. The van der Waals surface area contributed by atoms with E-state index in [-0.39, 0.29) is 29.7 Å². The summed E-state index contributed by atoms with van der Waals surface area (Å²) in [6, 6.07) is 9.85. The van der Waals surface area contributed by atoms with Crippen LogP contribution in [0.15, 0.2) is 30.3 Å². The number of nitrogens with zero attached hydrogens (tertiary/aromatic N) is 2. The quantitative estimate of drug-likeness (QED) is 0.748. The molecule has 6 rings (SSSR count). The van der Waals surface area contributed by atoms with Gasteiger partial charge in [-0.05, 0) is 75.7 Å². The van der Waals surface area contributed by atoms with Gasteiger partial charge in [0.1, 0.15) is 0 Å². The Hall–Kier alpha value is -2.37. The molecule has 4 aliphatic carbocycles. The maximum atomic E-state index is 13.2. The average Bonchev–Trinajstić information content (AvgIpc) is 2.81. The summed E-state index contributed by atoms with van der Waals surface area (Å²) < 4.78 is 0. The number of carbonyl (C=O) groups excluding carboxylic acids is 3. The standard InChI is InChI=1S/C27H37N3O3/c1-26(2,22-6-4-3-5-7-22)25(33)30-10-8-29(9-11-30)23(31)18-28-24(32)27-15-19-12-20(16-27)14-21(13-19)17-27/h3-7,19-21H,8-18H2,1-2H3,(H,28,32). The minimum Gasteiger partial charge on any atom is -0.347 e. The normalized spacial score (nSPS) is 30.9. The topological polar surface area (TPSA) is 69.7 Å². The fraction of sp³-hybridized carbons (Fsp3) is 0.667. The van der Waals surface area contributed by atoms with Gasteiger partial charge in [-0.3, -0.25) is 14.4 Å². The Kier molecular flexibility index (Phi) is 5.74. The molecule has 0 unspecified atom stereocenters. The van der Waals surface area contributed by atoms with Crippen molar-refractivity contribution in [3.63, 3.8) is 0 Å². The molecular weight excluding hydrogens is 414 g/mol. The summed E-state index contributed by atoms with van der Waals surface area (Å²) in [6.45, 7) is 6.09.